The summed E-state index contributed by atoms with van der Waals surface area (Å²) in [6, 6.07) is 9.93. The Morgan fingerprint density at radius 1 is 1.22 bits per heavy atom. The highest BCUT2D eigenvalue weighted by Gasteiger charge is 2.31. The van der Waals surface area contributed by atoms with Crippen molar-refractivity contribution in [3.05, 3.63) is 47.9 Å². The van der Waals surface area contributed by atoms with Crippen LogP contribution in [0.2, 0.25) is 0 Å². The number of rotatable bonds is 6. The number of fused-ring (bicyclic) bond motifs is 1. The third kappa shape index (κ3) is 5.48. The Morgan fingerprint density at radius 3 is 2.70 bits per heavy atom. The molecule has 5 rings (SSSR count). The van der Waals surface area contributed by atoms with Crippen molar-refractivity contribution in [1.82, 2.24) is 24.4 Å². The fraction of sp³-hybridized carbons (Fsp3) is 0.500. The summed E-state index contributed by atoms with van der Waals surface area (Å²) in [5.41, 5.74) is 2.88. The number of nitrogens with zero attached hydrogens (tertiary/aromatic N) is 6. The van der Waals surface area contributed by atoms with E-state index in [4.69, 9.17) is 4.74 Å². The van der Waals surface area contributed by atoms with E-state index in [0.29, 0.717) is 11.3 Å². The van der Waals surface area contributed by atoms with E-state index >= 15 is 0 Å². The first-order valence-corrected chi connectivity index (χ1v) is 14.1. The van der Waals surface area contributed by atoms with E-state index in [1.54, 1.807) is 26.4 Å². The van der Waals surface area contributed by atoms with Crippen molar-refractivity contribution >= 4 is 26.6 Å². The van der Waals surface area contributed by atoms with Crippen LogP contribution in [0.4, 0.5) is 5.69 Å². The topological polar surface area (TPSA) is 116 Å². The highest BCUT2D eigenvalue weighted by atomic mass is 32.2. The molecule has 10 nitrogen and oxygen atoms in total. The van der Waals surface area contributed by atoms with Crippen molar-refractivity contribution < 1.29 is 13.2 Å². The molecule has 2 atom stereocenters. The number of piperidine rings is 1. The number of ether oxygens (including phenoxy) is 1. The predicted octanol–water partition coefficient (Wildman–Crippen LogP) is 2.19. The molecule has 11 heteroatoms. The Kier molecular flexibility index (Phi) is 7.18. The van der Waals surface area contributed by atoms with Crippen LogP contribution >= 0.6 is 0 Å². The van der Waals surface area contributed by atoms with Crippen molar-refractivity contribution in [3.63, 3.8) is 0 Å². The fourth-order valence-electron chi connectivity index (χ4n) is 5.51. The normalized spacial score (nSPS) is 21.8. The monoisotopic (exact) mass is 523 g/mol. The fourth-order valence-corrected chi connectivity index (χ4v) is 7.03. The van der Waals surface area contributed by atoms with E-state index in [-0.39, 0.29) is 23.1 Å². The highest BCUT2D eigenvalue weighted by molar-refractivity contribution is 7.89. The molecule has 196 valence electrons. The van der Waals surface area contributed by atoms with E-state index in [9.17, 15) is 13.7 Å². The number of morpholine rings is 1. The minimum absolute atomic E-state index is 0.0254. The molecule has 0 radical (unpaired) electrons. The van der Waals surface area contributed by atoms with E-state index in [1.807, 2.05) is 24.3 Å². The predicted molar refractivity (Wildman–Crippen MR) is 141 cm³/mol. The van der Waals surface area contributed by atoms with Gasteiger partial charge in [0.1, 0.15) is 11.0 Å². The summed E-state index contributed by atoms with van der Waals surface area (Å²) in [6.45, 7) is 7.70. The summed E-state index contributed by atoms with van der Waals surface area (Å²) in [5.74, 6) is 0. The summed E-state index contributed by atoms with van der Waals surface area (Å²) in [7, 11) is -1.87. The molecule has 2 aliphatic rings. The van der Waals surface area contributed by atoms with E-state index in [1.165, 1.54) is 4.68 Å². The average molecular weight is 524 g/mol. The van der Waals surface area contributed by atoms with Gasteiger partial charge in [-0.05, 0) is 64.0 Å². The van der Waals surface area contributed by atoms with Crippen LogP contribution in [-0.4, -0.2) is 79.1 Å². The Bertz CT molecular complexity index is 1420. The lowest BCUT2D eigenvalue weighted by Gasteiger charge is -2.41. The standard InChI is InChI=1S/C26H33N7O3S/c1-18-14-33(24-7-6-20(13-27)26-23(24)5-4-10-28-26)16-22(36-18)15-32-11-8-21(9-12-32)30-37(34,35)25-17-31(3)29-19(25)2/h4-7,10,17-18,21-22,30H,8-9,11-12,14-16H2,1-3H3/t18-,22+/m1/s1. The van der Waals surface area contributed by atoms with Crippen molar-refractivity contribution in [3.8, 4) is 6.07 Å². The molecule has 2 aromatic heterocycles. The van der Waals surface area contributed by atoms with Gasteiger partial charge in [-0.3, -0.25) is 9.67 Å². The third-order valence-electron chi connectivity index (χ3n) is 7.16. The molecule has 2 aliphatic heterocycles. The largest absolute Gasteiger partial charge is 0.370 e. The van der Waals surface area contributed by atoms with Crippen LogP contribution in [0.15, 0.2) is 41.6 Å². The number of benzene rings is 1. The average Bonchev–Trinajstić information content (AvgIpc) is 3.22. The van der Waals surface area contributed by atoms with Gasteiger partial charge in [0.05, 0.1) is 29.0 Å². The molecule has 1 N–H and O–H groups in total. The van der Waals surface area contributed by atoms with Gasteiger partial charge in [-0.25, -0.2) is 13.1 Å². The Morgan fingerprint density at radius 2 is 2.00 bits per heavy atom. The molecular weight excluding hydrogens is 490 g/mol. The number of hydrogen-bond donors (Lipinski definition) is 1. The van der Waals surface area contributed by atoms with Gasteiger partial charge in [-0.2, -0.15) is 10.4 Å². The van der Waals surface area contributed by atoms with Crippen molar-refractivity contribution in [2.75, 3.05) is 37.6 Å². The third-order valence-corrected chi connectivity index (χ3v) is 8.79. The number of nitriles is 1. The van der Waals surface area contributed by atoms with Gasteiger partial charge in [0.2, 0.25) is 10.0 Å². The molecule has 0 bridgehead atoms. The zero-order valence-corrected chi connectivity index (χ0v) is 22.3. The zero-order valence-electron chi connectivity index (χ0n) is 21.5. The Hall–Kier alpha value is -3.04. The maximum absolute atomic E-state index is 12.8. The summed E-state index contributed by atoms with van der Waals surface area (Å²) in [6.07, 6.45) is 4.85. The first kappa shape index (κ1) is 25.6. The SMILES string of the molecule is Cc1nn(C)cc1S(=O)(=O)NC1CCN(C[C@H]2CN(c3ccc(C#N)c4ncccc34)C[C@@H](C)O2)CC1. The summed E-state index contributed by atoms with van der Waals surface area (Å²) in [5, 5.41) is 14.6. The summed E-state index contributed by atoms with van der Waals surface area (Å²) < 4.78 is 36.4. The molecule has 0 saturated carbocycles. The van der Waals surface area contributed by atoms with Crippen LogP contribution in [0.25, 0.3) is 10.9 Å². The first-order chi connectivity index (χ1) is 17.7. The molecule has 37 heavy (non-hydrogen) atoms. The van der Waals surface area contributed by atoms with E-state index in [0.717, 1.165) is 62.2 Å². The van der Waals surface area contributed by atoms with E-state index < -0.39 is 10.0 Å². The van der Waals surface area contributed by atoms with Crippen LogP contribution in [0.1, 0.15) is 31.0 Å². The van der Waals surface area contributed by atoms with Crippen molar-refractivity contribution in [2.45, 2.75) is 49.8 Å². The van der Waals surface area contributed by atoms with Crippen LogP contribution in [0, 0.1) is 18.3 Å². The molecule has 0 spiro atoms. The quantitative estimate of drug-likeness (QED) is 0.523. The van der Waals surface area contributed by atoms with Gasteiger partial charge in [-0.1, -0.05) is 0 Å². The second-order valence-corrected chi connectivity index (χ2v) is 11.7. The van der Waals surface area contributed by atoms with Crippen molar-refractivity contribution in [2.24, 2.45) is 7.05 Å². The van der Waals surface area contributed by atoms with Crippen molar-refractivity contribution in [1.29, 1.82) is 5.26 Å². The minimum atomic E-state index is -3.59. The second-order valence-electron chi connectivity index (χ2n) is 10.1. The number of aromatic nitrogens is 3. The number of hydrogen-bond acceptors (Lipinski definition) is 8. The summed E-state index contributed by atoms with van der Waals surface area (Å²) in [4.78, 5) is 9.39. The number of aryl methyl sites for hydroxylation is 2. The first-order valence-electron chi connectivity index (χ1n) is 12.7. The molecule has 2 fully saturated rings. The number of pyridine rings is 1. The Balaban J connectivity index is 1.21. The zero-order chi connectivity index (χ0) is 26.2. The maximum atomic E-state index is 12.8. The molecule has 3 aromatic rings. The minimum Gasteiger partial charge on any atom is -0.370 e. The van der Waals surface area contributed by atoms with Crippen LogP contribution in [-0.2, 0) is 21.8 Å². The molecule has 2 saturated heterocycles. The lowest BCUT2D eigenvalue weighted by molar-refractivity contribution is -0.0350. The highest BCUT2D eigenvalue weighted by Crippen LogP contribution is 2.30. The smallest absolute Gasteiger partial charge is 0.244 e. The van der Waals surface area contributed by atoms with Crippen LogP contribution in [0.5, 0.6) is 0 Å². The van der Waals surface area contributed by atoms with Gasteiger partial charge >= 0.3 is 0 Å². The van der Waals surface area contributed by atoms with Gasteiger partial charge in [0, 0.05) is 56.2 Å². The van der Waals surface area contributed by atoms with Gasteiger partial charge in [0.25, 0.3) is 0 Å². The number of sulfonamides is 1. The van der Waals surface area contributed by atoms with Crippen LogP contribution in [0.3, 0.4) is 0 Å². The lowest BCUT2D eigenvalue weighted by atomic mass is 10.0. The van der Waals surface area contributed by atoms with Gasteiger partial charge in [-0.15, -0.1) is 0 Å². The number of anilines is 1. The second kappa shape index (κ2) is 10.4. The number of likely N-dealkylation sites (tertiary alicyclic amines) is 1. The van der Waals surface area contributed by atoms with E-state index in [2.05, 4.69) is 37.6 Å². The van der Waals surface area contributed by atoms with Gasteiger partial charge < -0.3 is 14.5 Å². The molecule has 1 aromatic carbocycles. The summed E-state index contributed by atoms with van der Waals surface area (Å²) >= 11 is 0. The molecule has 0 amide bonds. The van der Waals surface area contributed by atoms with Gasteiger partial charge in [0.15, 0.2) is 0 Å². The Labute approximate surface area is 217 Å². The lowest BCUT2D eigenvalue weighted by Crippen LogP contribution is -2.53. The molecular formula is C26H33N7O3S. The maximum Gasteiger partial charge on any atom is 0.244 e. The molecule has 0 aliphatic carbocycles. The molecule has 4 heterocycles. The van der Waals surface area contributed by atoms with Crippen LogP contribution < -0.4 is 9.62 Å². The number of nitrogens with one attached hydrogen (secondary N) is 1. The molecule has 0 unspecified atom stereocenters.